The molecule has 1 fully saturated rings. The van der Waals surface area contributed by atoms with E-state index in [2.05, 4.69) is 39.4 Å². The molecule has 1 aliphatic carbocycles. The molecule has 0 radical (unpaired) electrons. The zero-order valence-electron chi connectivity index (χ0n) is 11.8. The molecule has 19 heavy (non-hydrogen) atoms. The highest BCUT2D eigenvalue weighted by Crippen LogP contribution is 2.36. The van der Waals surface area contributed by atoms with Crippen LogP contribution in [0.4, 0.5) is 11.9 Å². The normalized spacial score (nSPS) is 22.0. The van der Waals surface area contributed by atoms with E-state index in [1.807, 2.05) is 6.92 Å². The predicted molar refractivity (Wildman–Crippen MR) is 78.7 cm³/mol. The summed E-state index contributed by atoms with van der Waals surface area (Å²) in [5.74, 6) is 1.09. The summed E-state index contributed by atoms with van der Waals surface area (Å²) in [6.45, 7) is 7.33. The fourth-order valence-corrected chi connectivity index (χ4v) is 2.73. The molecule has 1 aromatic rings. The topological polar surface area (TPSA) is 62.7 Å². The molecule has 1 heterocycles. The Balaban J connectivity index is 2.13. The van der Waals surface area contributed by atoms with Gasteiger partial charge in [0.1, 0.15) is 0 Å². The second kappa shape index (κ2) is 5.90. The average Bonchev–Trinajstić information content (AvgIpc) is 2.31. The first-order valence-corrected chi connectivity index (χ1v) is 7.31. The highest BCUT2D eigenvalue weighted by molar-refractivity contribution is 6.28. The standard InChI is InChI=1S/C13H22ClN5/c1-4-15-11-17-10(14)18-12(19-11)16-9-7-5-6-8-13(9,2)3/h9H,4-8H2,1-3H3,(H2,15,16,17,18,19). The Morgan fingerprint density at radius 2 is 1.95 bits per heavy atom. The first-order chi connectivity index (χ1) is 9.01. The molecule has 1 aliphatic rings. The zero-order valence-corrected chi connectivity index (χ0v) is 12.6. The number of halogens is 1. The molecule has 5 nitrogen and oxygen atoms in total. The highest BCUT2D eigenvalue weighted by Gasteiger charge is 2.32. The molecule has 0 bridgehead atoms. The van der Waals surface area contributed by atoms with E-state index in [9.17, 15) is 0 Å². The molecule has 0 aliphatic heterocycles. The maximum Gasteiger partial charge on any atom is 0.229 e. The van der Waals surface area contributed by atoms with Crippen molar-refractivity contribution in [3.63, 3.8) is 0 Å². The minimum Gasteiger partial charge on any atom is -0.354 e. The van der Waals surface area contributed by atoms with Gasteiger partial charge in [-0.05, 0) is 36.8 Å². The molecule has 0 spiro atoms. The van der Waals surface area contributed by atoms with Crippen LogP contribution < -0.4 is 10.6 Å². The molecule has 1 atom stereocenters. The van der Waals surface area contributed by atoms with Gasteiger partial charge in [-0.2, -0.15) is 15.0 Å². The van der Waals surface area contributed by atoms with Crippen LogP contribution in [0.2, 0.25) is 5.28 Å². The third-order valence-electron chi connectivity index (χ3n) is 3.75. The van der Waals surface area contributed by atoms with Gasteiger partial charge in [0.15, 0.2) is 0 Å². The summed E-state index contributed by atoms with van der Waals surface area (Å²) in [5, 5.41) is 6.71. The van der Waals surface area contributed by atoms with Crippen molar-refractivity contribution in [3.05, 3.63) is 5.28 Å². The van der Waals surface area contributed by atoms with Gasteiger partial charge in [-0.25, -0.2) is 0 Å². The summed E-state index contributed by atoms with van der Waals surface area (Å²) >= 11 is 5.93. The van der Waals surface area contributed by atoms with Crippen molar-refractivity contribution >= 4 is 23.5 Å². The summed E-state index contributed by atoms with van der Waals surface area (Å²) in [7, 11) is 0. The first-order valence-electron chi connectivity index (χ1n) is 6.93. The number of rotatable bonds is 4. The van der Waals surface area contributed by atoms with E-state index in [1.165, 1.54) is 19.3 Å². The van der Waals surface area contributed by atoms with Crippen molar-refractivity contribution in [2.75, 3.05) is 17.2 Å². The van der Waals surface area contributed by atoms with Crippen molar-refractivity contribution < 1.29 is 0 Å². The Morgan fingerprint density at radius 3 is 2.63 bits per heavy atom. The van der Waals surface area contributed by atoms with E-state index in [0.29, 0.717) is 17.9 Å². The van der Waals surface area contributed by atoms with Crippen molar-refractivity contribution in [1.29, 1.82) is 0 Å². The Hall–Kier alpha value is -1.10. The number of anilines is 2. The lowest BCUT2D eigenvalue weighted by molar-refractivity contribution is 0.216. The van der Waals surface area contributed by atoms with Gasteiger partial charge >= 0.3 is 0 Å². The van der Waals surface area contributed by atoms with Crippen LogP contribution in [0.25, 0.3) is 0 Å². The van der Waals surface area contributed by atoms with Gasteiger partial charge in [0.2, 0.25) is 17.2 Å². The van der Waals surface area contributed by atoms with E-state index in [-0.39, 0.29) is 10.7 Å². The Morgan fingerprint density at radius 1 is 1.21 bits per heavy atom. The Labute approximate surface area is 119 Å². The predicted octanol–water partition coefficient (Wildman–Crippen LogP) is 3.34. The van der Waals surface area contributed by atoms with Crippen LogP contribution in [0.5, 0.6) is 0 Å². The van der Waals surface area contributed by atoms with Gasteiger partial charge in [0, 0.05) is 12.6 Å². The molecule has 2 N–H and O–H groups in total. The molecule has 1 saturated carbocycles. The number of nitrogens with one attached hydrogen (secondary N) is 2. The van der Waals surface area contributed by atoms with E-state index >= 15 is 0 Å². The van der Waals surface area contributed by atoms with Crippen LogP contribution in [0.1, 0.15) is 46.5 Å². The van der Waals surface area contributed by atoms with Gasteiger partial charge in [-0.1, -0.05) is 26.7 Å². The molecule has 6 heteroatoms. The Kier molecular flexibility index (Phi) is 4.45. The van der Waals surface area contributed by atoms with Gasteiger partial charge in [-0.15, -0.1) is 0 Å². The quantitative estimate of drug-likeness (QED) is 0.887. The Bertz CT molecular complexity index is 435. The van der Waals surface area contributed by atoms with Gasteiger partial charge in [0.25, 0.3) is 0 Å². The second-order valence-corrected chi connectivity index (χ2v) is 6.05. The SMILES string of the molecule is CCNc1nc(Cl)nc(NC2CCCCC2(C)C)n1. The molecular weight excluding hydrogens is 262 g/mol. The maximum absolute atomic E-state index is 5.93. The summed E-state index contributed by atoms with van der Waals surface area (Å²) < 4.78 is 0. The van der Waals surface area contributed by atoms with Crippen molar-refractivity contribution in [2.45, 2.75) is 52.5 Å². The summed E-state index contributed by atoms with van der Waals surface area (Å²) in [4.78, 5) is 12.6. The molecule has 1 aromatic heterocycles. The number of aromatic nitrogens is 3. The maximum atomic E-state index is 5.93. The lowest BCUT2D eigenvalue weighted by Gasteiger charge is -2.39. The number of nitrogens with zero attached hydrogens (tertiary/aromatic N) is 3. The molecule has 0 saturated heterocycles. The van der Waals surface area contributed by atoms with Crippen LogP contribution >= 0.6 is 11.6 Å². The fraction of sp³-hybridized carbons (Fsp3) is 0.769. The van der Waals surface area contributed by atoms with E-state index < -0.39 is 0 Å². The second-order valence-electron chi connectivity index (χ2n) is 5.71. The number of hydrogen-bond donors (Lipinski definition) is 2. The van der Waals surface area contributed by atoms with Crippen LogP contribution in [-0.4, -0.2) is 27.5 Å². The minimum absolute atomic E-state index is 0.224. The molecular formula is C13H22ClN5. The van der Waals surface area contributed by atoms with E-state index in [0.717, 1.165) is 13.0 Å². The monoisotopic (exact) mass is 283 g/mol. The lowest BCUT2D eigenvalue weighted by atomic mass is 9.73. The van der Waals surface area contributed by atoms with E-state index in [1.54, 1.807) is 0 Å². The van der Waals surface area contributed by atoms with Crippen molar-refractivity contribution in [3.8, 4) is 0 Å². The third-order valence-corrected chi connectivity index (χ3v) is 3.92. The molecule has 106 valence electrons. The van der Waals surface area contributed by atoms with Gasteiger partial charge in [0.05, 0.1) is 0 Å². The largest absolute Gasteiger partial charge is 0.354 e. The van der Waals surface area contributed by atoms with Crippen molar-refractivity contribution in [2.24, 2.45) is 5.41 Å². The third kappa shape index (κ3) is 3.69. The number of hydrogen-bond acceptors (Lipinski definition) is 5. The summed E-state index contributed by atoms with van der Waals surface area (Å²) in [6, 6.07) is 0.384. The molecule has 2 rings (SSSR count). The van der Waals surface area contributed by atoms with Crippen LogP contribution in [0, 0.1) is 5.41 Å². The zero-order chi connectivity index (χ0) is 13.9. The van der Waals surface area contributed by atoms with Crippen molar-refractivity contribution in [1.82, 2.24) is 15.0 Å². The van der Waals surface area contributed by atoms with Crippen LogP contribution in [0.3, 0.4) is 0 Å². The van der Waals surface area contributed by atoms with Gasteiger partial charge < -0.3 is 10.6 Å². The smallest absolute Gasteiger partial charge is 0.229 e. The molecule has 1 unspecified atom stereocenters. The molecule has 0 amide bonds. The lowest BCUT2D eigenvalue weighted by Crippen LogP contribution is -2.39. The highest BCUT2D eigenvalue weighted by atomic mass is 35.5. The van der Waals surface area contributed by atoms with Crippen LogP contribution in [-0.2, 0) is 0 Å². The first kappa shape index (κ1) is 14.3. The average molecular weight is 284 g/mol. The summed E-state index contributed by atoms with van der Waals surface area (Å²) in [5.41, 5.74) is 0.260. The van der Waals surface area contributed by atoms with E-state index in [4.69, 9.17) is 11.6 Å². The van der Waals surface area contributed by atoms with Crippen LogP contribution in [0.15, 0.2) is 0 Å². The van der Waals surface area contributed by atoms with Gasteiger partial charge in [-0.3, -0.25) is 0 Å². The molecule has 0 aromatic carbocycles. The fourth-order valence-electron chi connectivity index (χ4n) is 2.57. The summed E-state index contributed by atoms with van der Waals surface area (Å²) in [6.07, 6.45) is 4.92. The minimum atomic E-state index is 0.224.